The molecule has 0 aliphatic carbocycles. The van der Waals surface area contributed by atoms with Gasteiger partial charge in [-0.2, -0.15) is 0 Å². The smallest absolute Gasteiger partial charge is 0.0466 e. The van der Waals surface area contributed by atoms with Gasteiger partial charge in [0.05, 0.1) is 0 Å². The minimum atomic E-state index is 0.845. The van der Waals surface area contributed by atoms with E-state index in [9.17, 15) is 0 Å². The number of ether oxygens (including phenoxy) is 1. The Kier molecular flexibility index (Phi) is 12.4. The summed E-state index contributed by atoms with van der Waals surface area (Å²) in [5, 5.41) is 0. The highest BCUT2D eigenvalue weighted by molar-refractivity contribution is 5.39. The van der Waals surface area contributed by atoms with Crippen molar-refractivity contribution in [2.75, 3.05) is 51.7 Å². The molecule has 0 radical (unpaired) electrons. The first-order valence-electron chi connectivity index (χ1n) is 10.1. The highest BCUT2D eigenvalue weighted by atomic mass is 16.5. The van der Waals surface area contributed by atoms with Crippen LogP contribution in [-0.4, -0.2) is 55.7 Å². The molecule has 2 N–H and O–H groups in total. The summed E-state index contributed by atoms with van der Waals surface area (Å²) in [6, 6.07) is 8.27. The number of nitrogens with two attached hydrogens (primary N) is 1. The third-order valence-electron chi connectivity index (χ3n) is 4.51. The minimum absolute atomic E-state index is 0.845. The van der Waals surface area contributed by atoms with E-state index in [2.05, 4.69) is 28.9 Å². The van der Waals surface area contributed by atoms with Crippen LogP contribution in [0, 0.1) is 0 Å². The van der Waals surface area contributed by atoms with Crippen LogP contribution < -0.4 is 5.73 Å². The summed E-state index contributed by atoms with van der Waals surface area (Å²) in [6.45, 7) is 15.0. The quantitative estimate of drug-likeness (QED) is 0.512. The maximum Gasteiger partial charge on any atom is 0.0466 e. The van der Waals surface area contributed by atoms with E-state index in [4.69, 9.17) is 10.5 Å². The van der Waals surface area contributed by atoms with Gasteiger partial charge in [0.25, 0.3) is 0 Å². The van der Waals surface area contributed by atoms with Crippen molar-refractivity contribution >= 4 is 5.69 Å². The summed E-state index contributed by atoms with van der Waals surface area (Å²) in [5.41, 5.74) is 7.94. The van der Waals surface area contributed by atoms with Gasteiger partial charge in [0.1, 0.15) is 0 Å². The van der Waals surface area contributed by atoms with Crippen LogP contribution in [0.5, 0.6) is 0 Å². The number of nitrogens with zero attached hydrogens (tertiary/aromatic N) is 2. The molecule has 1 heterocycles. The van der Waals surface area contributed by atoms with E-state index in [-0.39, 0.29) is 0 Å². The summed E-state index contributed by atoms with van der Waals surface area (Å²) in [6.07, 6.45) is 4.86. The standard InChI is InChI=1S/C19H33N3O.C2H6/c1-2-3-15-23-16-5-4-10-21-11-13-22(14-12-21)17-18-6-8-19(20)9-7-18;1-2/h6-9H,2-5,10-17,20H2,1H3;1-2H3. The average Bonchev–Trinajstić information content (AvgIpc) is 2.66. The number of anilines is 1. The van der Waals surface area contributed by atoms with Gasteiger partial charge in [0.2, 0.25) is 0 Å². The fourth-order valence-electron chi connectivity index (χ4n) is 2.94. The molecular formula is C21H39N3O. The lowest BCUT2D eigenvalue weighted by Crippen LogP contribution is -2.46. The third-order valence-corrected chi connectivity index (χ3v) is 4.51. The third kappa shape index (κ3) is 9.83. The normalized spacial score (nSPS) is 15.6. The van der Waals surface area contributed by atoms with Crippen LogP contribution in [0.15, 0.2) is 24.3 Å². The molecule has 1 aliphatic heterocycles. The molecule has 4 nitrogen and oxygen atoms in total. The second-order valence-corrected chi connectivity index (χ2v) is 6.53. The lowest BCUT2D eigenvalue weighted by Gasteiger charge is -2.34. The molecule has 1 fully saturated rings. The fraction of sp³-hybridized carbons (Fsp3) is 0.714. The average molecular weight is 350 g/mol. The highest BCUT2D eigenvalue weighted by Crippen LogP contribution is 2.11. The van der Waals surface area contributed by atoms with Crippen molar-refractivity contribution in [2.45, 2.75) is 53.0 Å². The van der Waals surface area contributed by atoms with Gasteiger partial charge in [-0.05, 0) is 43.5 Å². The molecule has 1 saturated heterocycles. The molecular weight excluding hydrogens is 310 g/mol. The first kappa shape index (κ1) is 21.9. The molecule has 0 saturated carbocycles. The van der Waals surface area contributed by atoms with Gasteiger partial charge in [-0.1, -0.05) is 39.3 Å². The van der Waals surface area contributed by atoms with Gasteiger partial charge in [0, 0.05) is 51.6 Å². The predicted molar refractivity (Wildman–Crippen MR) is 109 cm³/mol. The molecule has 1 aromatic carbocycles. The zero-order valence-corrected chi connectivity index (χ0v) is 16.7. The lowest BCUT2D eigenvalue weighted by molar-refractivity contribution is 0.109. The number of hydrogen-bond donors (Lipinski definition) is 1. The summed E-state index contributed by atoms with van der Waals surface area (Å²) < 4.78 is 5.62. The molecule has 0 aromatic heterocycles. The summed E-state index contributed by atoms with van der Waals surface area (Å²) in [4.78, 5) is 5.13. The molecule has 0 unspecified atom stereocenters. The van der Waals surface area contributed by atoms with Crippen molar-refractivity contribution in [3.05, 3.63) is 29.8 Å². The van der Waals surface area contributed by atoms with E-state index >= 15 is 0 Å². The predicted octanol–water partition coefficient (Wildman–Crippen LogP) is 4.01. The van der Waals surface area contributed by atoms with Crippen LogP contribution in [0.1, 0.15) is 52.0 Å². The fourth-order valence-corrected chi connectivity index (χ4v) is 2.94. The Hall–Kier alpha value is -1.10. The van der Waals surface area contributed by atoms with E-state index < -0.39 is 0 Å². The molecule has 1 aliphatic rings. The van der Waals surface area contributed by atoms with Crippen LogP contribution >= 0.6 is 0 Å². The number of nitrogen functional groups attached to an aromatic ring is 1. The van der Waals surface area contributed by atoms with E-state index in [0.29, 0.717) is 0 Å². The van der Waals surface area contributed by atoms with Gasteiger partial charge in [-0.3, -0.25) is 4.90 Å². The Morgan fingerprint density at radius 3 is 2.12 bits per heavy atom. The zero-order valence-electron chi connectivity index (χ0n) is 16.7. The maximum absolute atomic E-state index is 5.74. The molecule has 0 spiro atoms. The monoisotopic (exact) mass is 349 g/mol. The van der Waals surface area contributed by atoms with Gasteiger partial charge >= 0.3 is 0 Å². The lowest BCUT2D eigenvalue weighted by atomic mass is 10.2. The largest absolute Gasteiger partial charge is 0.399 e. The Balaban J connectivity index is 0.00000151. The van der Waals surface area contributed by atoms with Crippen molar-refractivity contribution in [1.29, 1.82) is 0 Å². The Morgan fingerprint density at radius 2 is 1.48 bits per heavy atom. The second-order valence-electron chi connectivity index (χ2n) is 6.53. The highest BCUT2D eigenvalue weighted by Gasteiger charge is 2.16. The van der Waals surface area contributed by atoms with Gasteiger partial charge in [-0.25, -0.2) is 0 Å². The molecule has 1 aromatic rings. The van der Waals surface area contributed by atoms with Crippen molar-refractivity contribution in [2.24, 2.45) is 0 Å². The molecule has 0 bridgehead atoms. The van der Waals surface area contributed by atoms with Crippen LogP contribution in [0.2, 0.25) is 0 Å². The van der Waals surface area contributed by atoms with Crippen molar-refractivity contribution < 1.29 is 4.74 Å². The molecule has 0 atom stereocenters. The number of hydrogen-bond acceptors (Lipinski definition) is 4. The Labute approximate surface area is 155 Å². The molecule has 4 heteroatoms. The van der Waals surface area contributed by atoms with Gasteiger partial charge in [0.15, 0.2) is 0 Å². The number of benzene rings is 1. The van der Waals surface area contributed by atoms with Crippen LogP contribution in [0.3, 0.4) is 0 Å². The first-order valence-corrected chi connectivity index (χ1v) is 10.1. The van der Waals surface area contributed by atoms with E-state index in [1.165, 1.54) is 50.9 Å². The molecule has 25 heavy (non-hydrogen) atoms. The number of piperazine rings is 1. The first-order chi connectivity index (χ1) is 12.3. The van der Waals surface area contributed by atoms with Crippen LogP contribution in [0.25, 0.3) is 0 Å². The molecule has 0 amide bonds. The second kappa shape index (κ2) is 14.1. The van der Waals surface area contributed by atoms with E-state index in [1.807, 2.05) is 26.0 Å². The van der Waals surface area contributed by atoms with Crippen molar-refractivity contribution in [1.82, 2.24) is 9.80 Å². The molecule has 2 rings (SSSR count). The van der Waals surface area contributed by atoms with Gasteiger partial charge in [-0.15, -0.1) is 0 Å². The van der Waals surface area contributed by atoms with Gasteiger partial charge < -0.3 is 15.4 Å². The van der Waals surface area contributed by atoms with E-state index in [1.54, 1.807) is 0 Å². The number of unbranched alkanes of at least 4 members (excludes halogenated alkanes) is 2. The topological polar surface area (TPSA) is 41.7 Å². The van der Waals surface area contributed by atoms with Crippen LogP contribution in [0.4, 0.5) is 5.69 Å². The van der Waals surface area contributed by atoms with Crippen LogP contribution in [-0.2, 0) is 11.3 Å². The summed E-state index contributed by atoms with van der Waals surface area (Å²) in [5.74, 6) is 0. The van der Waals surface area contributed by atoms with Crippen molar-refractivity contribution in [3.8, 4) is 0 Å². The SMILES string of the molecule is CC.CCCCOCCCCN1CCN(Cc2ccc(N)cc2)CC1. The van der Waals surface area contributed by atoms with E-state index in [0.717, 1.165) is 38.5 Å². The summed E-state index contributed by atoms with van der Waals surface area (Å²) >= 11 is 0. The Bertz CT molecular complexity index is 414. The minimum Gasteiger partial charge on any atom is -0.399 e. The number of rotatable bonds is 10. The van der Waals surface area contributed by atoms with Crippen molar-refractivity contribution in [3.63, 3.8) is 0 Å². The zero-order chi connectivity index (χ0) is 18.3. The molecule has 144 valence electrons. The Morgan fingerprint density at radius 1 is 0.880 bits per heavy atom. The maximum atomic E-state index is 5.74. The summed E-state index contributed by atoms with van der Waals surface area (Å²) in [7, 11) is 0.